The molecule has 1 saturated heterocycles. The number of anilines is 1. The Hall–Kier alpha value is -3.41. The second-order valence-electron chi connectivity index (χ2n) is 6.85. The smallest absolute Gasteiger partial charge is 0.253 e. The summed E-state index contributed by atoms with van der Waals surface area (Å²) < 4.78 is 0. The number of hydrogen-bond donors (Lipinski definition) is 1. The van der Waals surface area contributed by atoms with Crippen LogP contribution in [0.5, 0.6) is 0 Å². The molecular weight excluding hydrogens is 352 g/mol. The van der Waals surface area contributed by atoms with Crippen molar-refractivity contribution in [1.29, 1.82) is 0 Å². The number of hydrogen-bond acceptors (Lipinski definition) is 5. The summed E-state index contributed by atoms with van der Waals surface area (Å²) in [6.45, 7) is 11.4. The third-order valence-corrected chi connectivity index (χ3v) is 4.98. The van der Waals surface area contributed by atoms with Gasteiger partial charge in [-0.25, -0.2) is 4.98 Å². The number of nitrogens with zero attached hydrogens (tertiary/aromatic N) is 3. The molecule has 1 aliphatic rings. The fourth-order valence-corrected chi connectivity index (χ4v) is 3.41. The molecule has 0 saturated carbocycles. The van der Waals surface area contributed by atoms with Crippen LogP contribution in [0.1, 0.15) is 22.8 Å². The molecule has 1 atom stereocenters. The molecule has 1 fully saturated rings. The van der Waals surface area contributed by atoms with Crippen molar-refractivity contribution in [2.24, 2.45) is 0 Å². The van der Waals surface area contributed by atoms with Crippen LogP contribution in [-0.2, 0) is 4.79 Å². The molecule has 0 radical (unpaired) electrons. The van der Waals surface area contributed by atoms with Crippen LogP contribution in [0.2, 0.25) is 0 Å². The first-order valence-corrected chi connectivity index (χ1v) is 9.14. The van der Waals surface area contributed by atoms with Crippen molar-refractivity contribution >= 4 is 23.1 Å². The molecule has 1 aromatic carbocycles. The van der Waals surface area contributed by atoms with Crippen molar-refractivity contribution in [3.05, 3.63) is 78.6 Å². The quantitative estimate of drug-likeness (QED) is 0.812. The number of nitrogens with two attached hydrogens (primary N) is 1. The van der Waals surface area contributed by atoms with Gasteiger partial charge >= 0.3 is 0 Å². The van der Waals surface area contributed by atoms with Gasteiger partial charge in [-0.2, -0.15) is 0 Å². The maximum atomic E-state index is 12.9. The summed E-state index contributed by atoms with van der Waals surface area (Å²) in [5.74, 6) is -0.00839. The lowest BCUT2D eigenvalue weighted by atomic mass is 10.0. The summed E-state index contributed by atoms with van der Waals surface area (Å²) in [4.78, 5) is 33.3. The minimum atomic E-state index is -0.269. The molecular formula is C22H24N4O2. The highest BCUT2D eigenvalue weighted by molar-refractivity contribution is 6.28. The fraction of sp³-hybridized carbons (Fsp3) is 0.227. The van der Waals surface area contributed by atoms with Crippen LogP contribution in [-0.4, -0.2) is 52.2 Å². The minimum absolute atomic E-state index is 0.00316. The Morgan fingerprint density at radius 2 is 1.82 bits per heavy atom. The molecule has 0 aliphatic carbocycles. The standard InChI is InChI=1S/C22H24N4O2/c1-15-14-25(22(28)18-8-5-4-6-9-18)12-13-26(15)17(3)20(27)16(2)19-10-7-11-24-21(19)23/h4-11,15H,2-3,12-14H2,1H3,(H2,23,24)/t15-/m1/s1. The molecule has 144 valence electrons. The maximum absolute atomic E-state index is 12.9. The summed E-state index contributed by atoms with van der Waals surface area (Å²) >= 11 is 0. The molecule has 3 rings (SSSR count). The van der Waals surface area contributed by atoms with E-state index in [0.717, 1.165) is 0 Å². The molecule has 2 heterocycles. The molecule has 0 bridgehead atoms. The van der Waals surface area contributed by atoms with Crippen molar-refractivity contribution in [2.45, 2.75) is 13.0 Å². The van der Waals surface area contributed by atoms with Gasteiger partial charge in [-0.05, 0) is 31.2 Å². The van der Waals surface area contributed by atoms with Crippen molar-refractivity contribution in [3.8, 4) is 0 Å². The summed E-state index contributed by atoms with van der Waals surface area (Å²) in [5, 5.41) is 0. The molecule has 6 nitrogen and oxygen atoms in total. The van der Waals surface area contributed by atoms with Crippen molar-refractivity contribution in [1.82, 2.24) is 14.8 Å². The van der Waals surface area contributed by atoms with Gasteiger partial charge in [-0.15, -0.1) is 0 Å². The molecule has 2 N–H and O–H groups in total. The summed E-state index contributed by atoms with van der Waals surface area (Å²) in [7, 11) is 0. The predicted molar refractivity (Wildman–Crippen MR) is 110 cm³/mol. The zero-order valence-corrected chi connectivity index (χ0v) is 16.0. The zero-order chi connectivity index (χ0) is 20.3. The topological polar surface area (TPSA) is 79.5 Å². The average molecular weight is 376 g/mol. The molecule has 2 aromatic rings. The Balaban J connectivity index is 1.68. The molecule has 6 heteroatoms. The first-order valence-electron chi connectivity index (χ1n) is 9.14. The highest BCUT2D eigenvalue weighted by Crippen LogP contribution is 2.24. The summed E-state index contributed by atoms with van der Waals surface area (Å²) in [5.41, 5.74) is 7.66. The largest absolute Gasteiger partial charge is 0.383 e. The highest BCUT2D eigenvalue weighted by atomic mass is 16.2. The summed E-state index contributed by atoms with van der Waals surface area (Å²) in [6, 6.07) is 12.6. The van der Waals surface area contributed by atoms with E-state index in [-0.39, 0.29) is 29.1 Å². The van der Waals surface area contributed by atoms with Crippen LogP contribution in [0.3, 0.4) is 0 Å². The van der Waals surface area contributed by atoms with Gasteiger partial charge in [0.2, 0.25) is 5.78 Å². The minimum Gasteiger partial charge on any atom is -0.383 e. The second-order valence-corrected chi connectivity index (χ2v) is 6.85. The first-order chi connectivity index (χ1) is 13.4. The van der Waals surface area contributed by atoms with Crippen LogP contribution < -0.4 is 5.73 Å². The molecule has 0 spiro atoms. The van der Waals surface area contributed by atoms with Gasteiger partial charge in [0.25, 0.3) is 5.91 Å². The second kappa shape index (κ2) is 8.08. The Morgan fingerprint density at radius 3 is 2.46 bits per heavy atom. The number of carbonyl (C=O) groups excluding carboxylic acids is 2. The van der Waals surface area contributed by atoms with E-state index < -0.39 is 0 Å². The number of ketones is 1. The molecule has 1 amide bonds. The van der Waals surface area contributed by atoms with E-state index in [1.165, 1.54) is 0 Å². The number of amides is 1. The Kier molecular flexibility index (Phi) is 5.59. The van der Waals surface area contributed by atoms with Gasteiger partial charge in [0.15, 0.2) is 0 Å². The van der Waals surface area contributed by atoms with Gasteiger partial charge in [0, 0.05) is 48.6 Å². The van der Waals surface area contributed by atoms with Gasteiger partial charge in [0.05, 0.1) is 5.70 Å². The van der Waals surface area contributed by atoms with Crippen LogP contribution in [0.4, 0.5) is 5.82 Å². The number of benzene rings is 1. The average Bonchev–Trinajstić information content (AvgIpc) is 2.72. The van der Waals surface area contributed by atoms with Crippen molar-refractivity contribution in [2.75, 3.05) is 25.4 Å². The Labute approximate surface area is 165 Å². The van der Waals surface area contributed by atoms with Crippen LogP contribution in [0.15, 0.2) is 67.5 Å². The van der Waals surface area contributed by atoms with E-state index in [4.69, 9.17) is 5.73 Å². The first kappa shape index (κ1) is 19.4. The zero-order valence-electron chi connectivity index (χ0n) is 16.0. The molecule has 1 aromatic heterocycles. The fourth-order valence-electron chi connectivity index (χ4n) is 3.41. The molecule has 28 heavy (non-hydrogen) atoms. The maximum Gasteiger partial charge on any atom is 0.253 e. The van der Waals surface area contributed by atoms with Gasteiger partial charge in [0.1, 0.15) is 5.82 Å². The number of Topliss-reactive ketones (excluding diaryl/α,β-unsaturated/α-hetero) is 1. The lowest BCUT2D eigenvalue weighted by Crippen LogP contribution is -2.53. The number of aromatic nitrogens is 1. The number of allylic oxidation sites excluding steroid dienone is 1. The number of pyridine rings is 1. The van der Waals surface area contributed by atoms with E-state index in [9.17, 15) is 9.59 Å². The van der Waals surface area contributed by atoms with Crippen LogP contribution in [0.25, 0.3) is 5.57 Å². The van der Waals surface area contributed by atoms with E-state index in [1.807, 2.05) is 47.1 Å². The monoisotopic (exact) mass is 376 g/mol. The van der Waals surface area contributed by atoms with E-state index >= 15 is 0 Å². The lowest BCUT2D eigenvalue weighted by molar-refractivity contribution is -0.112. The van der Waals surface area contributed by atoms with E-state index in [0.29, 0.717) is 36.5 Å². The lowest BCUT2D eigenvalue weighted by Gasteiger charge is -2.41. The highest BCUT2D eigenvalue weighted by Gasteiger charge is 2.30. The van der Waals surface area contributed by atoms with E-state index in [2.05, 4.69) is 18.1 Å². The number of rotatable bonds is 5. The molecule has 0 unspecified atom stereocenters. The van der Waals surface area contributed by atoms with Gasteiger partial charge in [-0.3, -0.25) is 9.59 Å². The number of carbonyl (C=O) groups is 2. The van der Waals surface area contributed by atoms with E-state index in [1.54, 1.807) is 18.3 Å². The van der Waals surface area contributed by atoms with Gasteiger partial charge < -0.3 is 15.5 Å². The Morgan fingerprint density at radius 1 is 1.11 bits per heavy atom. The van der Waals surface area contributed by atoms with Gasteiger partial charge in [-0.1, -0.05) is 31.4 Å². The number of nitrogen functional groups attached to an aromatic ring is 1. The normalized spacial score (nSPS) is 16.5. The third kappa shape index (κ3) is 3.81. The van der Waals surface area contributed by atoms with Crippen molar-refractivity contribution < 1.29 is 9.59 Å². The third-order valence-electron chi connectivity index (χ3n) is 4.98. The van der Waals surface area contributed by atoms with Crippen molar-refractivity contribution in [3.63, 3.8) is 0 Å². The van der Waals surface area contributed by atoms with Crippen LogP contribution in [0, 0.1) is 0 Å². The number of piperazine rings is 1. The molecule has 1 aliphatic heterocycles. The SMILES string of the molecule is C=C(C(=O)C(=C)N1CCN(C(=O)c2ccccc2)C[C@H]1C)c1cccnc1N. The van der Waals surface area contributed by atoms with Crippen LogP contribution >= 0.6 is 0 Å². The predicted octanol–water partition coefficient (Wildman–Crippen LogP) is 2.61. The Bertz CT molecular complexity index is 923. The summed E-state index contributed by atoms with van der Waals surface area (Å²) in [6.07, 6.45) is 1.57.